The van der Waals surface area contributed by atoms with Crippen molar-refractivity contribution in [3.8, 4) is 0 Å². The maximum atomic E-state index is 11.2. The van der Waals surface area contributed by atoms with Crippen LogP contribution in [0.1, 0.15) is 45.1 Å². The topological polar surface area (TPSA) is 46.2 Å². The van der Waals surface area contributed by atoms with E-state index in [1.165, 1.54) is 6.42 Å². The van der Waals surface area contributed by atoms with Gasteiger partial charge in [-0.2, -0.15) is 0 Å². The van der Waals surface area contributed by atoms with E-state index >= 15 is 0 Å². The molecule has 2 rings (SSSR count). The molecule has 0 bridgehead atoms. The Morgan fingerprint density at radius 2 is 2.26 bits per heavy atom. The van der Waals surface area contributed by atoms with Gasteiger partial charge < -0.3 is 10.8 Å². The molecule has 19 heavy (non-hydrogen) atoms. The fourth-order valence-corrected chi connectivity index (χ4v) is 3.77. The summed E-state index contributed by atoms with van der Waals surface area (Å²) in [5.41, 5.74) is 5.77. The summed E-state index contributed by atoms with van der Waals surface area (Å²) in [4.78, 5) is 0. The Balaban J connectivity index is 2.40. The van der Waals surface area contributed by atoms with Gasteiger partial charge in [-0.25, -0.2) is 0 Å². The molecule has 3 N–H and O–H groups in total. The van der Waals surface area contributed by atoms with Crippen LogP contribution in [0.15, 0.2) is 24.3 Å². The summed E-state index contributed by atoms with van der Waals surface area (Å²) in [6.45, 7) is 4.65. The predicted octanol–water partition coefficient (Wildman–Crippen LogP) is 3.70. The quantitative estimate of drug-likeness (QED) is 0.887. The fraction of sp³-hybridized carbons (Fsp3) is 0.625. The number of rotatable bonds is 3. The van der Waals surface area contributed by atoms with Crippen LogP contribution in [0.3, 0.4) is 0 Å². The van der Waals surface area contributed by atoms with Gasteiger partial charge in [0.1, 0.15) is 0 Å². The Labute approximate surface area is 121 Å². The summed E-state index contributed by atoms with van der Waals surface area (Å²) in [7, 11) is 0. The van der Waals surface area contributed by atoms with Crippen LogP contribution >= 0.6 is 11.6 Å². The zero-order valence-electron chi connectivity index (χ0n) is 11.8. The highest BCUT2D eigenvalue weighted by molar-refractivity contribution is 6.30. The molecule has 3 heteroatoms. The molecule has 0 amide bonds. The minimum atomic E-state index is -0.929. The number of aliphatic hydroxyl groups is 1. The van der Waals surface area contributed by atoms with Gasteiger partial charge in [-0.3, -0.25) is 0 Å². The molecule has 0 radical (unpaired) electrons. The largest absolute Gasteiger partial charge is 0.385 e. The number of halogens is 1. The van der Waals surface area contributed by atoms with Gasteiger partial charge in [-0.15, -0.1) is 0 Å². The standard InChI is InChI=1S/C16H24ClNO/c1-12-5-4-8-16(10-12,11-18)15(2,19)13-6-3-7-14(17)9-13/h3,6-7,9,12,19H,4-5,8,10-11,18H2,1-2H3. The summed E-state index contributed by atoms with van der Waals surface area (Å²) >= 11 is 6.06. The Hall–Kier alpha value is -0.570. The minimum Gasteiger partial charge on any atom is -0.385 e. The first kappa shape index (κ1) is 14.8. The Morgan fingerprint density at radius 1 is 1.53 bits per heavy atom. The van der Waals surface area contributed by atoms with Crippen molar-refractivity contribution in [1.82, 2.24) is 0 Å². The second-order valence-corrected chi connectivity index (χ2v) is 6.70. The Kier molecular flexibility index (Phi) is 4.24. The van der Waals surface area contributed by atoms with Gasteiger partial charge in [0.15, 0.2) is 0 Å². The first-order valence-corrected chi connectivity index (χ1v) is 7.47. The van der Waals surface area contributed by atoms with E-state index in [4.69, 9.17) is 17.3 Å². The molecule has 1 saturated carbocycles. The van der Waals surface area contributed by atoms with Crippen LogP contribution in [0.5, 0.6) is 0 Å². The van der Waals surface area contributed by atoms with E-state index in [9.17, 15) is 5.11 Å². The summed E-state index contributed by atoms with van der Waals surface area (Å²) in [6.07, 6.45) is 4.32. The zero-order valence-corrected chi connectivity index (χ0v) is 12.6. The monoisotopic (exact) mass is 281 g/mol. The molecule has 0 aromatic heterocycles. The van der Waals surface area contributed by atoms with Gasteiger partial charge in [0.05, 0.1) is 5.60 Å². The highest BCUT2D eigenvalue weighted by Gasteiger charge is 2.48. The fourth-order valence-electron chi connectivity index (χ4n) is 3.58. The van der Waals surface area contributed by atoms with Crippen molar-refractivity contribution in [3.63, 3.8) is 0 Å². The lowest BCUT2D eigenvalue weighted by molar-refractivity contribution is -0.100. The maximum absolute atomic E-state index is 11.2. The molecule has 1 aromatic carbocycles. The smallest absolute Gasteiger partial charge is 0.0937 e. The van der Waals surface area contributed by atoms with Crippen molar-refractivity contribution in [2.45, 2.75) is 45.1 Å². The lowest BCUT2D eigenvalue weighted by atomic mass is 9.59. The van der Waals surface area contributed by atoms with E-state index in [-0.39, 0.29) is 5.41 Å². The number of nitrogens with two attached hydrogens (primary N) is 1. The molecule has 1 aromatic rings. The second kappa shape index (κ2) is 5.43. The molecule has 3 atom stereocenters. The van der Waals surface area contributed by atoms with E-state index in [1.54, 1.807) is 0 Å². The molecule has 0 aliphatic heterocycles. The van der Waals surface area contributed by atoms with Crippen LogP contribution < -0.4 is 5.73 Å². The van der Waals surface area contributed by atoms with E-state index in [0.29, 0.717) is 17.5 Å². The van der Waals surface area contributed by atoms with E-state index < -0.39 is 5.60 Å². The van der Waals surface area contributed by atoms with Crippen LogP contribution in [0.25, 0.3) is 0 Å². The van der Waals surface area contributed by atoms with Crippen LogP contribution in [-0.2, 0) is 5.60 Å². The van der Waals surface area contributed by atoms with Gasteiger partial charge in [0.25, 0.3) is 0 Å². The lowest BCUT2D eigenvalue weighted by Crippen LogP contribution is -2.51. The zero-order chi connectivity index (χ0) is 14.1. The molecule has 1 aliphatic rings. The van der Waals surface area contributed by atoms with Crippen LogP contribution in [0, 0.1) is 11.3 Å². The first-order chi connectivity index (χ1) is 8.91. The van der Waals surface area contributed by atoms with Crippen LogP contribution in [-0.4, -0.2) is 11.7 Å². The third kappa shape index (κ3) is 2.67. The van der Waals surface area contributed by atoms with Crippen molar-refractivity contribution in [1.29, 1.82) is 0 Å². The average Bonchev–Trinajstić information content (AvgIpc) is 2.38. The molecule has 2 nitrogen and oxygen atoms in total. The van der Waals surface area contributed by atoms with Gasteiger partial charge in [-0.05, 0) is 43.4 Å². The highest BCUT2D eigenvalue weighted by Crippen LogP contribution is 2.50. The third-order valence-corrected chi connectivity index (χ3v) is 5.14. The molecule has 1 fully saturated rings. The average molecular weight is 282 g/mol. The van der Waals surface area contributed by atoms with Crippen molar-refractivity contribution in [2.75, 3.05) is 6.54 Å². The second-order valence-electron chi connectivity index (χ2n) is 6.27. The molecular weight excluding hydrogens is 258 g/mol. The molecule has 106 valence electrons. The van der Waals surface area contributed by atoms with Crippen molar-refractivity contribution < 1.29 is 5.11 Å². The summed E-state index contributed by atoms with van der Waals surface area (Å²) < 4.78 is 0. The molecular formula is C16H24ClNO. The molecule has 0 saturated heterocycles. The number of benzene rings is 1. The summed E-state index contributed by atoms with van der Waals surface area (Å²) in [5.74, 6) is 0.614. The Bertz CT molecular complexity index is 446. The molecule has 0 heterocycles. The predicted molar refractivity (Wildman–Crippen MR) is 80.1 cm³/mol. The molecule has 0 spiro atoms. The van der Waals surface area contributed by atoms with Gasteiger partial charge >= 0.3 is 0 Å². The highest BCUT2D eigenvalue weighted by atomic mass is 35.5. The van der Waals surface area contributed by atoms with E-state index in [2.05, 4.69) is 6.92 Å². The van der Waals surface area contributed by atoms with Gasteiger partial charge in [0, 0.05) is 17.0 Å². The SMILES string of the molecule is CC1CCCC(CN)(C(C)(O)c2cccc(Cl)c2)C1. The van der Waals surface area contributed by atoms with Gasteiger partial charge in [0.2, 0.25) is 0 Å². The van der Waals surface area contributed by atoms with Crippen LogP contribution in [0.4, 0.5) is 0 Å². The molecule has 3 unspecified atom stereocenters. The summed E-state index contributed by atoms with van der Waals surface area (Å²) in [5, 5.41) is 11.8. The maximum Gasteiger partial charge on any atom is 0.0937 e. The van der Waals surface area contributed by atoms with Crippen molar-refractivity contribution in [2.24, 2.45) is 17.1 Å². The lowest BCUT2D eigenvalue weighted by Gasteiger charge is -2.49. The third-order valence-electron chi connectivity index (χ3n) is 4.90. The van der Waals surface area contributed by atoms with Crippen molar-refractivity contribution >= 4 is 11.6 Å². The molecule has 1 aliphatic carbocycles. The number of hydrogen-bond acceptors (Lipinski definition) is 2. The Morgan fingerprint density at radius 3 is 2.84 bits per heavy atom. The van der Waals surface area contributed by atoms with Crippen LogP contribution in [0.2, 0.25) is 5.02 Å². The summed E-state index contributed by atoms with van der Waals surface area (Å²) in [6, 6.07) is 7.53. The van der Waals surface area contributed by atoms with Crippen molar-refractivity contribution in [3.05, 3.63) is 34.9 Å². The van der Waals surface area contributed by atoms with E-state index in [0.717, 1.165) is 24.8 Å². The van der Waals surface area contributed by atoms with Gasteiger partial charge in [-0.1, -0.05) is 43.5 Å². The first-order valence-electron chi connectivity index (χ1n) is 7.10. The van der Waals surface area contributed by atoms with E-state index in [1.807, 2.05) is 31.2 Å². The normalized spacial score (nSPS) is 30.9. The number of hydrogen-bond donors (Lipinski definition) is 2. The minimum absolute atomic E-state index is 0.241.